The van der Waals surface area contributed by atoms with Crippen molar-refractivity contribution in [2.24, 2.45) is 5.73 Å². The predicted octanol–water partition coefficient (Wildman–Crippen LogP) is 2.71. The van der Waals surface area contributed by atoms with Gasteiger partial charge in [0.25, 0.3) is 0 Å². The van der Waals surface area contributed by atoms with Crippen molar-refractivity contribution in [1.29, 1.82) is 0 Å². The molecule has 0 atom stereocenters. The van der Waals surface area contributed by atoms with Crippen molar-refractivity contribution < 1.29 is 17.2 Å². The van der Waals surface area contributed by atoms with Crippen LogP contribution in [0.5, 0.6) is 0 Å². The SMILES string of the molecule is Cc1cc(CN)ccc1CS(=O)(=O)c1ccc(F)cc1F. The largest absolute Gasteiger partial charge is 0.326 e. The minimum atomic E-state index is -3.88. The minimum Gasteiger partial charge on any atom is -0.326 e. The first-order valence-corrected chi connectivity index (χ1v) is 7.95. The molecule has 0 aliphatic rings. The highest BCUT2D eigenvalue weighted by Gasteiger charge is 2.21. The number of hydrogen-bond acceptors (Lipinski definition) is 3. The molecule has 0 fully saturated rings. The van der Waals surface area contributed by atoms with Crippen LogP contribution in [0.2, 0.25) is 0 Å². The highest BCUT2D eigenvalue weighted by molar-refractivity contribution is 7.90. The predicted molar refractivity (Wildman–Crippen MR) is 76.3 cm³/mol. The molecule has 0 bridgehead atoms. The lowest BCUT2D eigenvalue weighted by Crippen LogP contribution is -2.09. The lowest BCUT2D eigenvalue weighted by atomic mass is 10.1. The molecule has 6 heteroatoms. The quantitative estimate of drug-likeness (QED) is 0.883. The normalized spacial score (nSPS) is 11.6. The molecule has 2 aromatic rings. The summed E-state index contributed by atoms with van der Waals surface area (Å²) in [5.74, 6) is -2.23. The van der Waals surface area contributed by atoms with Gasteiger partial charge in [-0.25, -0.2) is 17.2 Å². The van der Waals surface area contributed by atoms with Crippen LogP contribution in [0, 0.1) is 18.6 Å². The van der Waals surface area contributed by atoms with Gasteiger partial charge in [0.2, 0.25) is 0 Å². The lowest BCUT2D eigenvalue weighted by Gasteiger charge is -2.09. The molecule has 0 heterocycles. The number of hydrogen-bond donors (Lipinski definition) is 1. The van der Waals surface area contributed by atoms with Crippen LogP contribution in [-0.2, 0) is 22.1 Å². The second kappa shape index (κ2) is 5.91. The Kier molecular flexibility index (Phi) is 4.39. The van der Waals surface area contributed by atoms with E-state index in [9.17, 15) is 17.2 Å². The highest BCUT2D eigenvalue weighted by atomic mass is 32.2. The van der Waals surface area contributed by atoms with Gasteiger partial charge in [-0.1, -0.05) is 18.2 Å². The van der Waals surface area contributed by atoms with Gasteiger partial charge in [-0.05, 0) is 35.7 Å². The minimum absolute atomic E-state index is 0.341. The Morgan fingerprint density at radius 2 is 1.81 bits per heavy atom. The van der Waals surface area contributed by atoms with Crippen molar-refractivity contribution in [2.75, 3.05) is 0 Å². The average molecular weight is 311 g/mol. The first-order valence-electron chi connectivity index (χ1n) is 6.30. The molecule has 0 aromatic heterocycles. The first kappa shape index (κ1) is 15.6. The fourth-order valence-electron chi connectivity index (χ4n) is 2.06. The second-order valence-electron chi connectivity index (χ2n) is 4.80. The van der Waals surface area contributed by atoms with E-state index in [4.69, 9.17) is 5.73 Å². The van der Waals surface area contributed by atoms with Crippen LogP contribution in [-0.4, -0.2) is 8.42 Å². The smallest absolute Gasteiger partial charge is 0.185 e. The Morgan fingerprint density at radius 3 is 2.38 bits per heavy atom. The number of benzene rings is 2. The fourth-order valence-corrected chi connectivity index (χ4v) is 3.58. The zero-order chi connectivity index (χ0) is 15.6. The zero-order valence-corrected chi connectivity index (χ0v) is 12.3. The van der Waals surface area contributed by atoms with Crippen LogP contribution in [0.1, 0.15) is 16.7 Å². The Labute approximate surface area is 122 Å². The van der Waals surface area contributed by atoms with Crippen LogP contribution >= 0.6 is 0 Å². The molecular weight excluding hydrogens is 296 g/mol. The molecule has 2 rings (SSSR count). The van der Waals surface area contributed by atoms with Crippen LogP contribution in [0.15, 0.2) is 41.3 Å². The van der Waals surface area contributed by atoms with Gasteiger partial charge in [-0.15, -0.1) is 0 Å². The van der Waals surface area contributed by atoms with Gasteiger partial charge in [-0.2, -0.15) is 0 Å². The van der Waals surface area contributed by atoms with Gasteiger partial charge in [0.15, 0.2) is 9.84 Å². The van der Waals surface area contributed by atoms with E-state index < -0.39 is 26.4 Å². The fraction of sp³-hybridized carbons (Fsp3) is 0.200. The maximum absolute atomic E-state index is 13.6. The summed E-state index contributed by atoms with van der Waals surface area (Å²) in [6.07, 6.45) is 0. The van der Waals surface area contributed by atoms with Crippen LogP contribution < -0.4 is 5.73 Å². The van der Waals surface area contributed by atoms with E-state index >= 15 is 0 Å². The van der Waals surface area contributed by atoms with Crippen molar-refractivity contribution in [3.63, 3.8) is 0 Å². The molecule has 0 saturated heterocycles. The van der Waals surface area contributed by atoms with Crippen LogP contribution in [0.4, 0.5) is 8.78 Å². The molecule has 0 unspecified atom stereocenters. The summed E-state index contributed by atoms with van der Waals surface area (Å²) in [7, 11) is -3.88. The summed E-state index contributed by atoms with van der Waals surface area (Å²) in [6, 6.07) is 7.64. The Bertz CT molecular complexity index is 773. The van der Waals surface area contributed by atoms with Crippen molar-refractivity contribution in [3.05, 3.63) is 64.7 Å². The van der Waals surface area contributed by atoms with Crippen molar-refractivity contribution in [1.82, 2.24) is 0 Å². The molecule has 0 amide bonds. The molecule has 2 N–H and O–H groups in total. The number of rotatable bonds is 4. The molecule has 112 valence electrons. The van der Waals surface area contributed by atoms with Crippen molar-refractivity contribution in [2.45, 2.75) is 24.1 Å². The zero-order valence-electron chi connectivity index (χ0n) is 11.4. The third-order valence-corrected chi connectivity index (χ3v) is 4.91. The summed E-state index contributed by atoms with van der Waals surface area (Å²) < 4.78 is 51.0. The molecule has 0 aliphatic carbocycles. The van der Waals surface area contributed by atoms with E-state index in [1.54, 1.807) is 25.1 Å². The average Bonchev–Trinajstić information content (AvgIpc) is 2.40. The van der Waals surface area contributed by atoms with Gasteiger partial charge in [0.05, 0.1) is 5.75 Å². The monoisotopic (exact) mass is 311 g/mol. The number of sulfone groups is 1. The van der Waals surface area contributed by atoms with Crippen LogP contribution in [0.3, 0.4) is 0 Å². The summed E-state index contributed by atoms with van der Waals surface area (Å²) >= 11 is 0. The van der Waals surface area contributed by atoms with E-state index in [2.05, 4.69) is 0 Å². The maximum atomic E-state index is 13.6. The van der Waals surface area contributed by atoms with E-state index in [0.717, 1.165) is 23.3 Å². The van der Waals surface area contributed by atoms with Crippen molar-refractivity contribution in [3.8, 4) is 0 Å². The van der Waals surface area contributed by atoms with Gasteiger partial charge in [0.1, 0.15) is 16.5 Å². The Hall–Kier alpha value is -1.79. The molecule has 0 saturated carbocycles. The number of aryl methyl sites for hydroxylation is 1. The molecule has 21 heavy (non-hydrogen) atoms. The van der Waals surface area contributed by atoms with Gasteiger partial charge >= 0.3 is 0 Å². The van der Waals surface area contributed by atoms with Gasteiger partial charge in [-0.3, -0.25) is 0 Å². The molecule has 3 nitrogen and oxygen atoms in total. The van der Waals surface area contributed by atoms with Gasteiger partial charge in [0, 0.05) is 12.6 Å². The third kappa shape index (κ3) is 3.46. The van der Waals surface area contributed by atoms with E-state index in [0.29, 0.717) is 18.2 Å². The number of halogens is 2. The highest BCUT2D eigenvalue weighted by Crippen LogP contribution is 2.22. The third-order valence-electron chi connectivity index (χ3n) is 3.22. The Balaban J connectivity index is 2.37. The topological polar surface area (TPSA) is 60.2 Å². The molecule has 0 radical (unpaired) electrons. The van der Waals surface area contributed by atoms with E-state index in [-0.39, 0.29) is 5.75 Å². The summed E-state index contributed by atoms with van der Waals surface area (Å²) in [4.78, 5) is -0.494. The Morgan fingerprint density at radius 1 is 1.10 bits per heavy atom. The molecule has 2 aromatic carbocycles. The van der Waals surface area contributed by atoms with Crippen molar-refractivity contribution >= 4 is 9.84 Å². The summed E-state index contributed by atoms with van der Waals surface area (Å²) in [5, 5.41) is 0. The standard InChI is InChI=1S/C15H15F2NO2S/c1-10-6-11(8-18)2-3-12(10)9-21(19,20)15-5-4-13(16)7-14(15)17/h2-7H,8-9,18H2,1H3. The maximum Gasteiger partial charge on any atom is 0.185 e. The lowest BCUT2D eigenvalue weighted by molar-refractivity contribution is 0.548. The molecule has 0 spiro atoms. The summed E-state index contributed by atoms with van der Waals surface area (Å²) in [5.41, 5.74) is 7.74. The van der Waals surface area contributed by atoms with E-state index in [1.165, 1.54) is 0 Å². The second-order valence-corrected chi connectivity index (χ2v) is 6.76. The molecule has 0 aliphatic heterocycles. The van der Waals surface area contributed by atoms with E-state index in [1.807, 2.05) is 0 Å². The van der Waals surface area contributed by atoms with Crippen LogP contribution in [0.25, 0.3) is 0 Å². The first-order chi connectivity index (χ1) is 9.83. The molecular formula is C15H15F2NO2S. The number of nitrogens with two attached hydrogens (primary N) is 1. The van der Waals surface area contributed by atoms with Gasteiger partial charge < -0.3 is 5.73 Å². The summed E-state index contributed by atoms with van der Waals surface area (Å²) in [6.45, 7) is 2.13.